The molecule has 0 bridgehead atoms. The lowest BCUT2D eigenvalue weighted by molar-refractivity contribution is 0.488. The molecular formula is C21H23Cl4N3O. The van der Waals surface area contributed by atoms with E-state index in [1.165, 1.54) is 12.8 Å². The predicted octanol–water partition coefficient (Wildman–Crippen LogP) is 6.59. The van der Waals surface area contributed by atoms with Crippen LogP contribution in [0, 0.1) is 0 Å². The Morgan fingerprint density at radius 3 is 2.38 bits per heavy atom. The Bertz CT molecular complexity index is 958. The van der Waals surface area contributed by atoms with Crippen LogP contribution in [0.1, 0.15) is 31.2 Å². The van der Waals surface area contributed by atoms with E-state index in [2.05, 4.69) is 9.98 Å². The van der Waals surface area contributed by atoms with E-state index >= 15 is 0 Å². The third kappa shape index (κ3) is 6.13. The van der Waals surface area contributed by atoms with Gasteiger partial charge in [0.2, 0.25) is 0 Å². The van der Waals surface area contributed by atoms with Gasteiger partial charge in [0.25, 0.3) is 0 Å². The Kier molecular flexibility index (Phi) is 10.0. The highest BCUT2D eigenvalue weighted by molar-refractivity contribution is 6.31. The van der Waals surface area contributed by atoms with Gasteiger partial charge in [-0.15, -0.1) is 37.2 Å². The zero-order chi connectivity index (χ0) is 17.9. The number of hydrogen-bond acceptors (Lipinski definition) is 3. The highest BCUT2D eigenvalue weighted by Gasteiger charge is 2.14. The fraction of sp³-hybridized carbons (Fsp3) is 0.238. The second-order valence-corrected chi connectivity index (χ2v) is 6.99. The zero-order valence-corrected chi connectivity index (χ0v) is 18.8. The van der Waals surface area contributed by atoms with E-state index in [1.54, 1.807) is 6.20 Å². The molecule has 3 aromatic rings. The van der Waals surface area contributed by atoms with Gasteiger partial charge in [-0.05, 0) is 61.4 Å². The van der Waals surface area contributed by atoms with Gasteiger partial charge in [-0.2, -0.15) is 0 Å². The van der Waals surface area contributed by atoms with E-state index < -0.39 is 0 Å². The number of halogens is 4. The maximum Gasteiger partial charge on any atom is 0.138 e. The van der Waals surface area contributed by atoms with E-state index in [0.29, 0.717) is 16.9 Å². The minimum absolute atomic E-state index is 0. The molecule has 156 valence electrons. The summed E-state index contributed by atoms with van der Waals surface area (Å²) < 4.78 is 6.04. The normalized spacial score (nSPS) is 13.9. The monoisotopic (exact) mass is 473 g/mol. The summed E-state index contributed by atoms with van der Waals surface area (Å²) in [7, 11) is 0. The van der Waals surface area contributed by atoms with Crippen molar-refractivity contribution in [1.82, 2.24) is 4.98 Å². The molecule has 0 saturated heterocycles. The first-order chi connectivity index (χ1) is 12.7. The van der Waals surface area contributed by atoms with Gasteiger partial charge in [0.15, 0.2) is 0 Å². The Balaban J connectivity index is 0.00000140. The van der Waals surface area contributed by atoms with Gasteiger partial charge in [-0.25, -0.2) is 0 Å². The van der Waals surface area contributed by atoms with Crippen LogP contribution >= 0.6 is 48.8 Å². The minimum atomic E-state index is 0. The molecule has 1 saturated carbocycles. The lowest BCUT2D eigenvalue weighted by atomic mass is 10.2. The number of amidine groups is 1. The summed E-state index contributed by atoms with van der Waals surface area (Å²) >= 11 is 6.04. The number of pyridine rings is 1. The number of hydrogen-bond donors (Lipinski definition) is 1. The molecule has 0 amide bonds. The first-order valence-electron chi connectivity index (χ1n) is 8.85. The van der Waals surface area contributed by atoms with Crippen LogP contribution in [-0.2, 0) is 0 Å². The van der Waals surface area contributed by atoms with Crippen LogP contribution in [0.5, 0.6) is 11.5 Å². The molecule has 1 aliphatic rings. The van der Waals surface area contributed by atoms with Crippen LogP contribution in [0.3, 0.4) is 0 Å². The molecule has 1 aliphatic carbocycles. The number of nitrogens with zero attached hydrogens (tertiary/aromatic N) is 2. The first-order valence-corrected chi connectivity index (χ1v) is 9.23. The minimum Gasteiger partial charge on any atom is -0.457 e. The molecular weight excluding hydrogens is 452 g/mol. The van der Waals surface area contributed by atoms with Crippen LogP contribution in [0.2, 0.25) is 5.02 Å². The molecule has 0 atom stereocenters. The largest absolute Gasteiger partial charge is 0.457 e. The predicted molar refractivity (Wildman–Crippen MR) is 128 cm³/mol. The number of benzene rings is 2. The van der Waals surface area contributed by atoms with Crippen molar-refractivity contribution >= 4 is 65.6 Å². The number of fused-ring (bicyclic) bond motifs is 1. The number of rotatable bonds is 4. The molecule has 4 rings (SSSR count). The number of ether oxygens (including phenoxy) is 1. The summed E-state index contributed by atoms with van der Waals surface area (Å²) in [6, 6.07) is 15.5. The molecule has 8 heteroatoms. The molecule has 4 nitrogen and oxygen atoms in total. The Morgan fingerprint density at radius 2 is 1.69 bits per heavy atom. The Labute approximate surface area is 194 Å². The van der Waals surface area contributed by atoms with Crippen molar-refractivity contribution in [2.75, 3.05) is 0 Å². The highest BCUT2D eigenvalue weighted by Crippen LogP contribution is 2.30. The second kappa shape index (κ2) is 11.5. The summed E-state index contributed by atoms with van der Waals surface area (Å²) in [5, 5.41) is 1.58. The van der Waals surface area contributed by atoms with Crippen molar-refractivity contribution in [3.05, 3.63) is 65.3 Å². The third-order valence-electron chi connectivity index (χ3n) is 4.69. The number of nitrogens with two attached hydrogens (primary N) is 1. The maximum atomic E-state index is 6.15. The lowest BCUT2D eigenvalue weighted by Crippen LogP contribution is -2.16. The summed E-state index contributed by atoms with van der Waals surface area (Å²) in [6.45, 7) is 0. The van der Waals surface area contributed by atoms with Gasteiger partial charge < -0.3 is 10.5 Å². The summed E-state index contributed by atoms with van der Waals surface area (Å²) in [4.78, 5) is 8.98. The number of aliphatic imine (C=N–C) groups is 1. The van der Waals surface area contributed by atoms with E-state index in [0.717, 1.165) is 40.8 Å². The van der Waals surface area contributed by atoms with E-state index in [1.807, 2.05) is 48.5 Å². The van der Waals surface area contributed by atoms with Gasteiger partial charge >= 0.3 is 0 Å². The third-order valence-corrected chi connectivity index (χ3v) is 4.92. The van der Waals surface area contributed by atoms with Crippen LogP contribution < -0.4 is 10.5 Å². The molecule has 0 unspecified atom stereocenters. The molecule has 1 fully saturated rings. The summed E-state index contributed by atoms with van der Waals surface area (Å²) in [5.74, 6) is 2.09. The van der Waals surface area contributed by atoms with Crippen molar-refractivity contribution in [2.45, 2.75) is 31.7 Å². The van der Waals surface area contributed by atoms with Gasteiger partial charge in [0.1, 0.15) is 17.3 Å². The van der Waals surface area contributed by atoms with Crippen LogP contribution in [0.4, 0.5) is 0 Å². The quantitative estimate of drug-likeness (QED) is 0.342. The van der Waals surface area contributed by atoms with Crippen molar-refractivity contribution in [1.29, 1.82) is 0 Å². The van der Waals surface area contributed by atoms with Crippen LogP contribution in [-0.4, -0.2) is 16.9 Å². The second-order valence-electron chi connectivity index (χ2n) is 6.55. The van der Waals surface area contributed by atoms with Gasteiger partial charge in [0.05, 0.1) is 11.6 Å². The van der Waals surface area contributed by atoms with Gasteiger partial charge in [0, 0.05) is 22.2 Å². The zero-order valence-electron chi connectivity index (χ0n) is 15.6. The van der Waals surface area contributed by atoms with Crippen molar-refractivity contribution in [3.63, 3.8) is 0 Å². The van der Waals surface area contributed by atoms with Gasteiger partial charge in [-0.3, -0.25) is 9.98 Å². The fourth-order valence-corrected chi connectivity index (χ4v) is 3.48. The Morgan fingerprint density at radius 1 is 1.00 bits per heavy atom. The maximum absolute atomic E-state index is 6.15. The highest BCUT2D eigenvalue weighted by atomic mass is 35.5. The fourth-order valence-electron chi connectivity index (χ4n) is 3.31. The van der Waals surface area contributed by atoms with Crippen molar-refractivity contribution < 1.29 is 4.74 Å². The molecule has 1 heterocycles. The SMILES string of the molecule is Cl.Cl.Cl.NC(=NC1CCCC1)c1ccc(Oc2ccnc3cc(Cl)ccc23)cc1. The smallest absolute Gasteiger partial charge is 0.138 e. The molecule has 0 radical (unpaired) electrons. The van der Waals surface area contributed by atoms with E-state index in [-0.39, 0.29) is 37.2 Å². The molecule has 2 N–H and O–H groups in total. The summed E-state index contributed by atoms with van der Waals surface area (Å²) in [5.41, 5.74) is 7.89. The number of aromatic nitrogens is 1. The van der Waals surface area contributed by atoms with E-state index in [9.17, 15) is 0 Å². The summed E-state index contributed by atoms with van der Waals surface area (Å²) in [6.07, 6.45) is 6.50. The van der Waals surface area contributed by atoms with Gasteiger partial charge in [-0.1, -0.05) is 24.4 Å². The van der Waals surface area contributed by atoms with Crippen LogP contribution in [0.15, 0.2) is 59.7 Å². The molecule has 0 aliphatic heterocycles. The average Bonchev–Trinajstić information content (AvgIpc) is 3.15. The van der Waals surface area contributed by atoms with Crippen molar-refractivity contribution in [3.8, 4) is 11.5 Å². The van der Waals surface area contributed by atoms with Crippen molar-refractivity contribution in [2.24, 2.45) is 10.7 Å². The van der Waals surface area contributed by atoms with Crippen LogP contribution in [0.25, 0.3) is 10.9 Å². The lowest BCUT2D eigenvalue weighted by Gasteiger charge is -2.10. The molecule has 2 aromatic carbocycles. The van der Waals surface area contributed by atoms with E-state index in [4.69, 9.17) is 22.1 Å². The first kappa shape index (κ1) is 25.3. The molecule has 29 heavy (non-hydrogen) atoms. The average molecular weight is 475 g/mol. The molecule has 1 aromatic heterocycles. The standard InChI is InChI=1S/C21H20ClN3O.3ClH/c22-15-7-10-18-19(13-15)24-12-11-20(18)26-17-8-5-14(6-9-17)21(23)25-16-3-1-2-4-16;;;/h5-13,16H,1-4H2,(H2,23,25);3*1H. The topological polar surface area (TPSA) is 60.5 Å². The Hall–Kier alpha value is -1.72. The molecule has 0 spiro atoms.